The lowest BCUT2D eigenvalue weighted by molar-refractivity contribution is -0.116. The van der Waals surface area contributed by atoms with E-state index in [0.29, 0.717) is 6.10 Å². The Morgan fingerprint density at radius 1 is 1.07 bits per heavy atom. The van der Waals surface area contributed by atoms with E-state index in [-0.39, 0.29) is 11.5 Å². The van der Waals surface area contributed by atoms with Gasteiger partial charge < -0.3 is 14.4 Å². The van der Waals surface area contributed by atoms with E-state index in [4.69, 9.17) is 9.47 Å². The molecule has 5 heteroatoms. The molecule has 0 aromatic heterocycles. The van der Waals surface area contributed by atoms with Crippen LogP contribution in [0.1, 0.15) is 38.2 Å². The highest BCUT2D eigenvalue weighted by atomic mass is 32.2. The first-order valence-electron chi connectivity index (χ1n) is 9.68. The first kappa shape index (κ1) is 20.9. The molecule has 28 heavy (non-hydrogen) atoms. The van der Waals surface area contributed by atoms with E-state index in [1.165, 1.54) is 10.5 Å². The third-order valence-electron chi connectivity index (χ3n) is 5.76. The summed E-state index contributed by atoms with van der Waals surface area (Å²) in [6, 6.07) is 16.7. The second-order valence-corrected chi connectivity index (χ2v) is 8.48. The van der Waals surface area contributed by atoms with Gasteiger partial charge in [0.15, 0.2) is 0 Å². The highest BCUT2D eigenvalue weighted by Crippen LogP contribution is 2.42. The van der Waals surface area contributed by atoms with Gasteiger partial charge in [-0.2, -0.15) is 0 Å². The van der Waals surface area contributed by atoms with Gasteiger partial charge in [-0.1, -0.05) is 23.9 Å². The van der Waals surface area contributed by atoms with Crippen molar-refractivity contribution in [2.45, 2.75) is 54.1 Å². The molecule has 1 aliphatic rings. The van der Waals surface area contributed by atoms with Crippen molar-refractivity contribution in [1.82, 2.24) is 0 Å². The van der Waals surface area contributed by atoms with Crippen molar-refractivity contribution in [2.75, 3.05) is 26.2 Å². The summed E-state index contributed by atoms with van der Waals surface area (Å²) in [4.78, 5) is 15.5. The van der Waals surface area contributed by atoms with Crippen LogP contribution in [0, 0.1) is 0 Å². The van der Waals surface area contributed by atoms with Gasteiger partial charge in [0, 0.05) is 43.7 Å². The van der Waals surface area contributed by atoms with Crippen LogP contribution in [0.2, 0.25) is 0 Å². The number of amides is 1. The number of hydrogen-bond donors (Lipinski definition) is 0. The molecule has 0 saturated heterocycles. The summed E-state index contributed by atoms with van der Waals surface area (Å²) < 4.78 is 11.5. The third kappa shape index (κ3) is 4.59. The monoisotopic (exact) mass is 399 g/mol. The van der Waals surface area contributed by atoms with Crippen LogP contribution in [0.5, 0.6) is 0 Å². The minimum atomic E-state index is -0.223. The van der Waals surface area contributed by atoms with Gasteiger partial charge in [0.25, 0.3) is 0 Å². The molecule has 2 aromatic carbocycles. The maximum atomic E-state index is 11.5. The first-order valence-corrected chi connectivity index (χ1v) is 10.5. The Morgan fingerprint density at radius 2 is 1.75 bits per heavy atom. The van der Waals surface area contributed by atoms with E-state index in [2.05, 4.69) is 36.4 Å². The minimum absolute atomic E-state index is 0.0289. The molecule has 1 fully saturated rings. The molecule has 1 amide bonds. The van der Waals surface area contributed by atoms with E-state index in [1.54, 1.807) is 37.7 Å². The second kappa shape index (κ2) is 9.12. The molecule has 0 N–H and O–H groups in total. The van der Waals surface area contributed by atoms with Gasteiger partial charge in [0.2, 0.25) is 5.91 Å². The van der Waals surface area contributed by atoms with Gasteiger partial charge in [-0.3, -0.25) is 4.79 Å². The standard InChI is InChI=1S/C23H29NO3S/c1-17(25)24(2)19-8-10-21(11-9-19)28-22-7-5-6-18(16-22)23(27-4)14-12-20(26-3)13-15-23/h5-11,16,20H,12-15H2,1-4H3/t20-,23+. The minimum Gasteiger partial charge on any atom is -0.381 e. The Morgan fingerprint density at radius 3 is 2.32 bits per heavy atom. The Balaban J connectivity index is 1.75. The van der Waals surface area contributed by atoms with E-state index in [9.17, 15) is 4.79 Å². The van der Waals surface area contributed by atoms with Crippen LogP contribution >= 0.6 is 11.8 Å². The third-order valence-corrected chi connectivity index (χ3v) is 6.75. The number of anilines is 1. The maximum Gasteiger partial charge on any atom is 0.223 e. The highest BCUT2D eigenvalue weighted by Gasteiger charge is 2.37. The smallest absolute Gasteiger partial charge is 0.223 e. The number of nitrogens with zero attached hydrogens (tertiary/aromatic N) is 1. The molecular formula is C23H29NO3S. The predicted octanol–water partition coefficient (Wildman–Crippen LogP) is 5.25. The summed E-state index contributed by atoms with van der Waals surface area (Å²) in [5, 5.41) is 0. The van der Waals surface area contributed by atoms with Gasteiger partial charge in [0.05, 0.1) is 11.7 Å². The average molecular weight is 400 g/mol. The summed E-state index contributed by atoms with van der Waals surface area (Å²) in [5.74, 6) is 0.0289. The van der Waals surface area contributed by atoms with Gasteiger partial charge in [-0.15, -0.1) is 0 Å². The van der Waals surface area contributed by atoms with Crippen molar-refractivity contribution >= 4 is 23.4 Å². The van der Waals surface area contributed by atoms with Crippen molar-refractivity contribution in [2.24, 2.45) is 0 Å². The van der Waals surface area contributed by atoms with Gasteiger partial charge in [-0.25, -0.2) is 0 Å². The van der Waals surface area contributed by atoms with Gasteiger partial charge in [0.1, 0.15) is 0 Å². The molecule has 1 saturated carbocycles. The highest BCUT2D eigenvalue weighted by molar-refractivity contribution is 7.99. The molecule has 0 radical (unpaired) electrons. The normalized spacial score (nSPS) is 22.1. The average Bonchev–Trinajstić information content (AvgIpc) is 2.74. The van der Waals surface area contributed by atoms with Crippen LogP contribution < -0.4 is 4.90 Å². The lowest BCUT2D eigenvalue weighted by Crippen LogP contribution is -2.35. The Kier molecular flexibility index (Phi) is 6.81. The van der Waals surface area contributed by atoms with E-state index >= 15 is 0 Å². The van der Waals surface area contributed by atoms with Crippen LogP contribution in [0.15, 0.2) is 58.3 Å². The zero-order chi connectivity index (χ0) is 20.1. The molecule has 3 rings (SSSR count). The van der Waals surface area contributed by atoms with Crippen LogP contribution in [0.4, 0.5) is 5.69 Å². The fourth-order valence-corrected chi connectivity index (χ4v) is 4.68. The largest absolute Gasteiger partial charge is 0.381 e. The predicted molar refractivity (Wildman–Crippen MR) is 114 cm³/mol. The SMILES string of the molecule is CO[C@H]1CC[C@](OC)(c2cccc(Sc3ccc(N(C)C(C)=O)cc3)c2)CC1. The Hall–Kier alpha value is -1.82. The number of rotatable bonds is 6. The molecular weight excluding hydrogens is 370 g/mol. The van der Waals surface area contributed by atoms with E-state index in [1.807, 2.05) is 19.2 Å². The van der Waals surface area contributed by atoms with Gasteiger partial charge in [-0.05, 0) is 67.6 Å². The number of methoxy groups -OCH3 is 2. The summed E-state index contributed by atoms with van der Waals surface area (Å²) in [6.07, 6.45) is 4.33. The van der Waals surface area contributed by atoms with E-state index in [0.717, 1.165) is 36.3 Å². The van der Waals surface area contributed by atoms with Crippen LogP contribution in [0.3, 0.4) is 0 Å². The van der Waals surface area contributed by atoms with Crippen molar-refractivity contribution < 1.29 is 14.3 Å². The molecule has 0 atom stereocenters. The fraction of sp³-hybridized carbons (Fsp3) is 0.435. The van der Waals surface area contributed by atoms with Crippen molar-refractivity contribution in [3.05, 3.63) is 54.1 Å². The quantitative estimate of drug-likeness (QED) is 0.665. The molecule has 150 valence electrons. The Bertz CT molecular complexity index is 798. The molecule has 0 bridgehead atoms. The summed E-state index contributed by atoms with van der Waals surface area (Å²) in [7, 11) is 5.40. The number of hydrogen-bond acceptors (Lipinski definition) is 4. The van der Waals surface area contributed by atoms with Crippen molar-refractivity contribution in [3.63, 3.8) is 0 Å². The number of ether oxygens (including phenoxy) is 2. The summed E-state index contributed by atoms with van der Waals surface area (Å²) >= 11 is 1.73. The molecule has 0 heterocycles. The maximum absolute atomic E-state index is 11.5. The number of benzene rings is 2. The molecule has 2 aromatic rings. The lowest BCUT2D eigenvalue weighted by Gasteiger charge is -2.39. The fourth-order valence-electron chi connectivity index (χ4n) is 3.80. The van der Waals surface area contributed by atoms with E-state index < -0.39 is 0 Å². The zero-order valence-corrected chi connectivity index (χ0v) is 17.9. The van der Waals surface area contributed by atoms with Crippen molar-refractivity contribution in [3.8, 4) is 0 Å². The molecule has 4 nitrogen and oxygen atoms in total. The second-order valence-electron chi connectivity index (χ2n) is 7.34. The molecule has 0 unspecified atom stereocenters. The van der Waals surface area contributed by atoms with Crippen LogP contribution in [0.25, 0.3) is 0 Å². The molecule has 0 aliphatic heterocycles. The number of carbonyl (C=O) groups excluding carboxylic acids is 1. The van der Waals surface area contributed by atoms with Crippen LogP contribution in [-0.2, 0) is 19.9 Å². The van der Waals surface area contributed by atoms with Crippen LogP contribution in [-0.4, -0.2) is 33.3 Å². The molecule has 1 aliphatic carbocycles. The van der Waals surface area contributed by atoms with Gasteiger partial charge >= 0.3 is 0 Å². The van der Waals surface area contributed by atoms with Crippen molar-refractivity contribution in [1.29, 1.82) is 0 Å². The summed E-state index contributed by atoms with van der Waals surface area (Å²) in [5.41, 5.74) is 1.92. The lowest BCUT2D eigenvalue weighted by atomic mass is 9.78. The number of carbonyl (C=O) groups is 1. The topological polar surface area (TPSA) is 38.8 Å². The Labute approximate surface area is 172 Å². The zero-order valence-electron chi connectivity index (χ0n) is 17.1. The summed E-state index contributed by atoms with van der Waals surface area (Å²) in [6.45, 7) is 1.57. The first-order chi connectivity index (χ1) is 13.5. The molecule has 0 spiro atoms.